The Kier molecular flexibility index (Phi) is 2.87. The maximum atomic E-state index is 11.5. The number of rotatable bonds is 2. The van der Waals surface area contributed by atoms with E-state index < -0.39 is 5.91 Å². The minimum Gasteiger partial charge on any atom is -0.366 e. The van der Waals surface area contributed by atoms with E-state index in [1.54, 1.807) is 12.4 Å². The van der Waals surface area contributed by atoms with E-state index in [1.807, 2.05) is 32.0 Å². The SMILES string of the molecule is Cc1cc(C)c(C(N)=O)c(-c2ccncc2)n1. The molecule has 2 aromatic rings. The maximum Gasteiger partial charge on any atom is 0.251 e. The molecule has 17 heavy (non-hydrogen) atoms. The molecule has 1 amide bonds. The lowest BCUT2D eigenvalue weighted by molar-refractivity contribution is 0.1000. The van der Waals surface area contributed by atoms with Gasteiger partial charge in [0.25, 0.3) is 5.91 Å². The van der Waals surface area contributed by atoms with Crippen LogP contribution in [0, 0.1) is 13.8 Å². The Labute approximate surface area is 99.5 Å². The maximum absolute atomic E-state index is 11.5. The van der Waals surface area contributed by atoms with Crippen LogP contribution in [0.3, 0.4) is 0 Å². The first-order valence-electron chi connectivity index (χ1n) is 5.28. The Hall–Kier alpha value is -2.23. The molecule has 0 bridgehead atoms. The van der Waals surface area contributed by atoms with Crippen molar-refractivity contribution >= 4 is 5.91 Å². The molecule has 0 spiro atoms. The van der Waals surface area contributed by atoms with Crippen LogP contribution in [0.15, 0.2) is 30.6 Å². The number of primary amides is 1. The second-order valence-corrected chi connectivity index (χ2v) is 3.90. The minimum atomic E-state index is -0.457. The van der Waals surface area contributed by atoms with Crippen molar-refractivity contribution in [1.29, 1.82) is 0 Å². The van der Waals surface area contributed by atoms with E-state index in [0.717, 1.165) is 16.8 Å². The average molecular weight is 227 g/mol. The summed E-state index contributed by atoms with van der Waals surface area (Å²) in [6.07, 6.45) is 3.33. The molecule has 0 unspecified atom stereocenters. The highest BCUT2D eigenvalue weighted by Gasteiger charge is 2.15. The number of hydrogen-bond acceptors (Lipinski definition) is 3. The fourth-order valence-electron chi connectivity index (χ4n) is 1.87. The lowest BCUT2D eigenvalue weighted by Gasteiger charge is -2.10. The molecule has 0 saturated heterocycles. The quantitative estimate of drug-likeness (QED) is 0.851. The summed E-state index contributed by atoms with van der Waals surface area (Å²) in [4.78, 5) is 19.8. The topological polar surface area (TPSA) is 68.9 Å². The number of carbonyl (C=O) groups is 1. The number of pyridine rings is 2. The fourth-order valence-corrected chi connectivity index (χ4v) is 1.87. The number of nitrogens with zero attached hydrogens (tertiary/aromatic N) is 2. The van der Waals surface area contributed by atoms with Crippen LogP contribution in [0.25, 0.3) is 11.3 Å². The van der Waals surface area contributed by atoms with E-state index in [-0.39, 0.29) is 0 Å². The summed E-state index contributed by atoms with van der Waals surface area (Å²) in [6.45, 7) is 3.75. The van der Waals surface area contributed by atoms with Gasteiger partial charge in [-0.15, -0.1) is 0 Å². The first-order valence-corrected chi connectivity index (χ1v) is 5.28. The second kappa shape index (κ2) is 4.33. The van der Waals surface area contributed by atoms with Crippen molar-refractivity contribution in [2.45, 2.75) is 13.8 Å². The Bertz CT molecular complexity index is 564. The molecule has 0 atom stereocenters. The number of amides is 1. The van der Waals surface area contributed by atoms with E-state index in [2.05, 4.69) is 9.97 Å². The van der Waals surface area contributed by atoms with E-state index in [1.165, 1.54) is 0 Å². The van der Waals surface area contributed by atoms with Crippen molar-refractivity contribution in [2.75, 3.05) is 0 Å². The molecule has 0 saturated carbocycles. The largest absolute Gasteiger partial charge is 0.366 e. The van der Waals surface area contributed by atoms with E-state index in [9.17, 15) is 4.79 Å². The monoisotopic (exact) mass is 227 g/mol. The minimum absolute atomic E-state index is 0.457. The van der Waals surface area contributed by atoms with Gasteiger partial charge in [0.15, 0.2) is 0 Å². The zero-order valence-corrected chi connectivity index (χ0v) is 9.77. The molecule has 0 aliphatic rings. The van der Waals surface area contributed by atoms with Crippen molar-refractivity contribution in [3.05, 3.63) is 47.4 Å². The highest BCUT2D eigenvalue weighted by atomic mass is 16.1. The molecule has 2 heterocycles. The fraction of sp³-hybridized carbons (Fsp3) is 0.154. The summed E-state index contributed by atoms with van der Waals surface area (Å²) >= 11 is 0. The summed E-state index contributed by atoms with van der Waals surface area (Å²) < 4.78 is 0. The normalized spacial score (nSPS) is 10.2. The van der Waals surface area contributed by atoms with Gasteiger partial charge in [0, 0.05) is 23.7 Å². The molecular formula is C13H13N3O. The molecular weight excluding hydrogens is 214 g/mol. The van der Waals surface area contributed by atoms with Crippen LogP contribution in [-0.2, 0) is 0 Å². The first-order chi connectivity index (χ1) is 8.09. The number of carbonyl (C=O) groups excluding carboxylic acids is 1. The average Bonchev–Trinajstić information content (AvgIpc) is 2.28. The molecule has 0 fully saturated rings. The summed E-state index contributed by atoms with van der Waals surface area (Å²) in [5, 5.41) is 0. The zero-order chi connectivity index (χ0) is 12.4. The number of nitrogens with two attached hydrogens (primary N) is 1. The highest BCUT2D eigenvalue weighted by molar-refractivity contribution is 6.00. The number of hydrogen-bond donors (Lipinski definition) is 1. The standard InChI is InChI=1S/C13H13N3O/c1-8-7-9(2)16-12(11(8)13(14)17)10-3-5-15-6-4-10/h3-7H,1-2H3,(H2,14,17). The van der Waals surface area contributed by atoms with E-state index in [0.29, 0.717) is 11.3 Å². The van der Waals surface area contributed by atoms with Crippen LogP contribution < -0.4 is 5.73 Å². The van der Waals surface area contributed by atoms with Gasteiger partial charge < -0.3 is 5.73 Å². The van der Waals surface area contributed by atoms with Gasteiger partial charge in [0.2, 0.25) is 0 Å². The predicted octanol–water partition coefficient (Wildman–Crippen LogP) is 1.86. The molecule has 2 rings (SSSR count). The third-order valence-electron chi connectivity index (χ3n) is 2.54. The van der Waals surface area contributed by atoms with Gasteiger partial charge in [0.05, 0.1) is 11.3 Å². The van der Waals surface area contributed by atoms with Crippen molar-refractivity contribution < 1.29 is 4.79 Å². The van der Waals surface area contributed by atoms with Gasteiger partial charge in [-0.05, 0) is 37.6 Å². The summed E-state index contributed by atoms with van der Waals surface area (Å²) in [7, 11) is 0. The summed E-state index contributed by atoms with van der Waals surface area (Å²) in [6, 6.07) is 5.48. The third-order valence-corrected chi connectivity index (χ3v) is 2.54. The Balaban J connectivity index is 2.72. The van der Waals surface area contributed by atoms with E-state index >= 15 is 0 Å². The van der Waals surface area contributed by atoms with Crippen LogP contribution in [0.2, 0.25) is 0 Å². The van der Waals surface area contributed by atoms with Crippen LogP contribution in [0.1, 0.15) is 21.6 Å². The molecule has 0 radical (unpaired) electrons. The van der Waals surface area contributed by atoms with E-state index in [4.69, 9.17) is 5.73 Å². The second-order valence-electron chi connectivity index (χ2n) is 3.90. The molecule has 2 aromatic heterocycles. The first kappa shape index (κ1) is 11.3. The van der Waals surface area contributed by atoms with Crippen LogP contribution >= 0.6 is 0 Å². The van der Waals surface area contributed by atoms with Gasteiger partial charge in [-0.3, -0.25) is 14.8 Å². The smallest absolute Gasteiger partial charge is 0.251 e. The van der Waals surface area contributed by atoms with Gasteiger partial charge in [0.1, 0.15) is 0 Å². The van der Waals surface area contributed by atoms with Crippen molar-refractivity contribution in [3.8, 4) is 11.3 Å². The van der Waals surface area contributed by atoms with Crippen LogP contribution in [0.4, 0.5) is 0 Å². The summed E-state index contributed by atoms with van der Waals surface area (Å²) in [5.74, 6) is -0.457. The van der Waals surface area contributed by atoms with Crippen molar-refractivity contribution in [1.82, 2.24) is 9.97 Å². The predicted molar refractivity (Wildman–Crippen MR) is 65.5 cm³/mol. The molecule has 4 nitrogen and oxygen atoms in total. The molecule has 4 heteroatoms. The molecule has 2 N–H and O–H groups in total. The molecule has 0 aromatic carbocycles. The van der Waals surface area contributed by atoms with Crippen LogP contribution in [-0.4, -0.2) is 15.9 Å². The van der Waals surface area contributed by atoms with Gasteiger partial charge >= 0.3 is 0 Å². The van der Waals surface area contributed by atoms with Crippen molar-refractivity contribution in [2.24, 2.45) is 5.73 Å². The van der Waals surface area contributed by atoms with Gasteiger partial charge in [-0.1, -0.05) is 0 Å². The Morgan fingerprint density at radius 2 is 1.88 bits per heavy atom. The lowest BCUT2D eigenvalue weighted by atomic mass is 10.0. The number of aryl methyl sites for hydroxylation is 2. The zero-order valence-electron chi connectivity index (χ0n) is 9.77. The molecule has 0 aliphatic heterocycles. The molecule has 86 valence electrons. The number of aromatic nitrogens is 2. The third kappa shape index (κ3) is 2.15. The van der Waals surface area contributed by atoms with Crippen LogP contribution in [0.5, 0.6) is 0 Å². The molecule has 0 aliphatic carbocycles. The highest BCUT2D eigenvalue weighted by Crippen LogP contribution is 2.23. The summed E-state index contributed by atoms with van der Waals surface area (Å²) in [5.41, 5.74) is 9.06. The van der Waals surface area contributed by atoms with Gasteiger partial charge in [-0.25, -0.2) is 0 Å². The Morgan fingerprint density at radius 3 is 2.47 bits per heavy atom. The van der Waals surface area contributed by atoms with Gasteiger partial charge in [-0.2, -0.15) is 0 Å². The van der Waals surface area contributed by atoms with Crippen molar-refractivity contribution in [3.63, 3.8) is 0 Å². The lowest BCUT2D eigenvalue weighted by Crippen LogP contribution is -2.15. The Morgan fingerprint density at radius 1 is 1.24 bits per heavy atom.